The minimum atomic E-state index is 0.222. The van der Waals surface area contributed by atoms with Crippen LogP contribution in [0, 0.1) is 13.8 Å². The van der Waals surface area contributed by atoms with Crippen molar-refractivity contribution in [1.82, 2.24) is 20.1 Å². The number of nitrogens with one attached hydrogen (secondary N) is 1. The number of anilines is 1. The lowest BCUT2D eigenvalue weighted by Gasteiger charge is -2.12. The third-order valence-electron chi connectivity index (χ3n) is 4.38. The number of hydrogen-bond acceptors (Lipinski definition) is 7. The van der Waals surface area contributed by atoms with E-state index in [1.54, 1.807) is 6.20 Å². The Hall–Kier alpha value is -2.80. The Labute approximate surface area is 151 Å². The van der Waals surface area contributed by atoms with Gasteiger partial charge in [-0.05, 0) is 38.8 Å². The summed E-state index contributed by atoms with van der Waals surface area (Å²) in [7, 11) is 0. The second-order valence-corrected chi connectivity index (χ2v) is 6.49. The van der Waals surface area contributed by atoms with Gasteiger partial charge >= 0.3 is 0 Å². The van der Waals surface area contributed by atoms with Crippen LogP contribution in [0.3, 0.4) is 0 Å². The molecule has 26 heavy (non-hydrogen) atoms. The summed E-state index contributed by atoms with van der Waals surface area (Å²) in [5, 5.41) is 7.25. The number of hydrogen-bond donors (Lipinski definition) is 1. The maximum Gasteiger partial charge on any atom is 0.223 e. The van der Waals surface area contributed by atoms with Crippen molar-refractivity contribution in [3.63, 3.8) is 0 Å². The van der Waals surface area contributed by atoms with Crippen molar-refractivity contribution >= 4 is 5.95 Å². The van der Waals surface area contributed by atoms with E-state index in [-0.39, 0.29) is 6.10 Å². The SMILES string of the molecule is Cc1ccc(-c2nc(NC[C@@H]3CCCO3)ncc2-c2cc(C)no2)cn1. The number of ether oxygens (including phenoxy) is 1. The van der Waals surface area contributed by atoms with Crippen molar-refractivity contribution in [2.45, 2.75) is 32.8 Å². The molecule has 4 heterocycles. The van der Waals surface area contributed by atoms with Gasteiger partial charge in [0.15, 0.2) is 5.76 Å². The molecule has 0 spiro atoms. The number of aryl methyl sites for hydroxylation is 2. The van der Waals surface area contributed by atoms with Crippen molar-refractivity contribution in [2.75, 3.05) is 18.5 Å². The van der Waals surface area contributed by atoms with Crippen LogP contribution in [-0.4, -0.2) is 39.4 Å². The molecule has 1 aliphatic rings. The Bertz CT molecular complexity index is 885. The molecule has 7 nitrogen and oxygen atoms in total. The molecule has 1 atom stereocenters. The maximum atomic E-state index is 5.65. The van der Waals surface area contributed by atoms with Gasteiger partial charge in [-0.2, -0.15) is 0 Å². The van der Waals surface area contributed by atoms with Gasteiger partial charge in [-0.25, -0.2) is 9.97 Å². The molecule has 1 saturated heterocycles. The lowest BCUT2D eigenvalue weighted by atomic mass is 10.1. The molecule has 0 bridgehead atoms. The Kier molecular flexibility index (Phi) is 4.62. The molecule has 0 aliphatic carbocycles. The molecule has 1 N–H and O–H groups in total. The second kappa shape index (κ2) is 7.21. The van der Waals surface area contributed by atoms with Crippen LogP contribution in [0.5, 0.6) is 0 Å². The van der Waals surface area contributed by atoms with Gasteiger partial charge in [-0.3, -0.25) is 4.98 Å². The largest absolute Gasteiger partial charge is 0.376 e. The van der Waals surface area contributed by atoms with Gasteiger partial charge in [-0.1, -0.05) is 5.16 Å². The summed E-state index contributed by atoms with van der Waals surface area (Å²) in [6.45, 7) is 5.38. The summed E-state index contributed by atoms with van der Waals surface area (Å²) in [5.74, 6) is 1.21. The summed E-state index contributed by atoms with van der Waals surface area (Å²) in [5.41, 5.74) is 4.23. The summed E-state index contributed by atoms with van der Waals surface area (Å²) in [4.78, 5) is 13.5. The molecule has 1 fully saturated rings. The lowest BCUT2D eigenvalue weighted by molar-refractivity contribution is 0.120. The molecule has 4 rings (SSSR count). The van der Waals surface area contributed by atoms with Crippen molar-refractivity contribution in [1.29, 1.82) is 0 Å². The van der Waals surface area contributed by atoms with E-state index < -0.39 is 0 Å². The third kappa shape index (κ3) is 3.57. The molecule has 134 valence electrons. The molecule has 0 aromatic carbocycles. The zero-order valence-electron chi connectivity index (χ0n) is 14.9. The van der Waals surface area contributed by atoms with Crippen LogP contribution in [0.25, 0.3) is 22.6 Å². The van der Waals surface area contributed by atoms with Crippen LogP contribution < -0.4 is 5.32 Å². The maximum absolute atomic E-state index is 5.65. The highest BCUT2D eigenvalue weighted by Crippen LogP contribution is 2.31. The minimum Gasteiger partial charge on any atom is -0.376 e. The molecule has 3 aromatic heterocycles. The van der Waals surface area contributed by atoms with E-state index >= 15 is 0 Å². The number of pyridine rings is 1. The Morgan fingerprint density at radius 1 is 1.15 bits per heavy atom. The van der Waals surface area contributed by atoms with Gasteiger partial charge in [0.2, 0.25) is 5.95 Å². The van der Waals surface area contributed by atoms with Crippen molar-refractivity contribution in [2.24, 2.45) is 0 Å². The van der Waals surface area contributed by atoms with Gasteiger partial charge in [0.25, 0.3) is 0 Å². The monoisotopic (exact) mass is 351 g/mol. The Balaban J connectivity index is 1.68. The molecule has 1 aliphatic heterocycles. The van der Waals surface area contributed by atoms with Gasteiger partial charge < -0.3 is 14.6 Å². The fourth-order valence-electron chi connectivity index (χ4n) is 2.98. The summed E-state index contributed by atoms with van der Waals surface area (Å²) in [6.07, 6.45) is 5.97. The highest BCUT2D eigenvalue weighted by atomic mass is 16.5. The molecule has 0 amide bonds. The number of aromatic nitrogens is 4. The van der Waals surface area contributed by atoms with Crippen LogP contribution in [0.4, 0.5) is 5.95 Å². The van der Waals surface area contributed by atoms with Crippen molar-refractivity contribution in [3.8, 4) is 22.6 Å². The quantitative estimate of drug-likeness (QED) is 0.754. The standard InChI is InChI=1S/C19H21N5O2/c1-12-5-6-14(9-20-12)18-16(17-8-13(2)24-26-17)11-22-19(23-18)21-10-15-4-3-7-25-15/h5-6,8-9,11,15H,3-4,7,10H2,1-2H3,(H,21,22,23)/t15-/m0/s1. The van der Waals surface area contributed by atoms with Crippen molar-refractivity contribution < 1.29 is 9.26 Å². The van der Waals surface area contributed by atoms with Crippen LogP contribution >= 0.6 is 0 Å². The summed E-state index contributed by atoms with van der Waals surface area (Å²) >= 11 is 0. The fourth-order valence-corrected chi connectivity index (χ4v) is 2.98. The van der Waals surface area contributed by atoms with Gasteiger partial charge in [0.05, 0.1) is 23.1 Å². The first-order valence-corrected chi connectivity index (χ1v) is 8.78. The first-order chi connectivity index (χ1) is 12.7. The lowest BCUT2D eigenvalue weighted by Crippen LogP contribution is -2.19. The average Bonchev–Trinajstić information content (AvgIpc) is 3.32. The van der Waals surface area contributed by atoms with E-state index in [9.17, 15) is 0 Å². The van der Waals surface area contributed by atoms with E-state index in [0.717, 1.165) is 47.7 Å². The molecule has 0 unspecified atom stereocenters. The van der Waals surface area contributed by atoms with Crippen LogP contribution in [0.1, 0.15) is 24.2 Å². The normalized spacial score (nSPS) is 16.8. The Morgan fingerprint density at radius 2 is 2.08 bits per heavy atom. The number of rotatable bonds is 5. The predicted octanol–water partition coefficient (Wildman–Crippen LogP) is 3.40. The smallest absolute Gasteiger partial charge is 0.223 e. The van der Waals surface area contributed by atoms with E-state index in [0.29, 0.717) is 18.3 Å². The first-order valence-electron chi connectivity index (χ1n) is 8.78. The second-order valence-electron chi connectivity index (χ2n) is 6.49. The molecule has 0 radical (unpaired) electrons. The van der Waals surface area contributed by atoms with E-state index in [1.165, 1.54) is 0 Å². The van der Waals surface area contributed by atoms with E-state index in [2.05, 4.69) is 20.4 Å². The molecule has 0 saturated carbocycles. The van der Waals surface area contributed by atoms with Gasteiger partial charge in [-0.15, -0.1) is 0 Å². The zero-order valence-corrected chi connectivity index (χ0v) is 14.9. The van der Waals surface area contributed by atoms with Crippen molar-refractivity contribution in [3.05, 3.63) is 42.0 Å². The molecular formula is C19H21N5O2. The van der Waals surface area contributed by atoms with Crippen LogP contribution in [-0.2, 0) is 4.74 Å². The van der Waals surface area contributed by atoms with Gasteiger partial charge in [0.1, 0.15) is 0 Å². The molecular weight excluding hydrogens is 330 g/mol. The third-order valence-corrected chi connectivity index (χ3v) is 4.38. The summed E-state index contributed by atoms with van der Waals surface area (Å²) in [6, 6.07) is 5.84. The zero-order chi connectivity index (χ0) is 17.9. The average molecular weight is 351 g/mol. The van der Waals surface area contributed by atoms with E-state index in [4.69, 9.17) is 14.2 Å². The topological polar surface area (TPSA) is 86.0 Å². The minimum absolute atomic E-state index is 0.222. The number of nitrogens with zero attached hydrogens (tertiary/aromatic N) is 4. The molecule has 7 heteroatoms. The fraction of sp³-hybridized carbons (Fsp3) is 0.368. The summed E-state index contributed by atoms with van der Waals surface area (Å²) < 4.78 is 11.1. The highest BCUT2D eigenvalue weighted by molar-refractivity contribution is 5.78. The molecule has 3 aromatic rings. The van der Waals surface area contributed by atoms with Crippen LogP contribution in [0.15, 0.2) is 35.1 Å². The first kappa shape index (κ1) is 16.7. The highest BCUT2D eigenvalue weighted by Gasteiger charge is 2.18. The Morgan fingerprint density at radius 3 is 2.77 bits per heavy atom. The van der Waals surface area contributed by atoms with Gasteiger partial charge in [0, 0.05) is 42.9 Å². The van der Waals surface area contributed by atoms with E-state index in [1.807, 2.05) is 38.2 Å². The van der Waals surface area contributed by atoms with Crippen LogP contribution in [0.2, 0.25) is 0 Å². The predicted molar refractivity (Wildman–Crippen MR) is 97.7 cm³/mol.